The Morgan fingerprint density at radius 1 is 1.50 bits per heavy atom. The van der Waals surface area contributed by atoms with Gasteiger partial charge in [-0.2, -0.15) is 0 Å². The molecule has 6 nitrogen and oxygen atoms in total. The van der Waals surface area contributed by atoms with Crippen LogP contribution in [0.1, 0.15) is 32.6 Å². The number of nitrogens with zero attached hydrogens (tertiary/aromatic N) is 1. The summed E-state index contributed by atoms with van der Waals surface area (Å²) in [6.07, 6.45) is 2.89. The predicted octanol–water partition coefficient (Wildman–Crippen LogP) is 0.714. The summed E-state index contributed by atoms with van der Waals surface area (Å²) in [6, 6.07) is -0.200. The molecule has 0 aliphatic carbocycles. The normalized spacial score (nSPS) is 21.4. The van der Waals surface area contributed by atoms with Gasteiger partial charge in [-0.25, -0.2) is 0 Å². The van der Waals surface area contributed by atoms with Gasteiger partial charge in [0.15, 0.2) is 0 Å². The molecule has 2 N–H and O–H groups in total. The molecule has 0 bridgehead atoms. The van der Waals surface area contributed by atoms with Crippen LogP contribution in [0.2, 0.25) is 0 Å². The number of carboxylic acid groups (broad SMARTS) is 1. The first kappa shape index (κ1) is 16.9. The minimum Gasteiger partial charge on any atom is -0.481 e. The lowest BCUT2D eigenvalue weighted by Gasteiger charge is -2.35. The van der Waals surface area contributed by atoms with E-state index in [0.717, 1.165) is 25.8 Å². The molecule has 1 aliphatic rings. The molecule has 0 aromatic heterocycles. The number of nitrogens with one attached hydrogen (secondary N) is 1. The Morgan fingerprint density at radius 3 is 2.90 bits per heavy atom. The van der Waals surface area contributed by atoms with Crippen molar-refractivity contribution in [2.45, 2.75) is 38.6 Å². The van der Waals surface area contributed by atoms with Crippen molar-refractivity contribution in [2.75, 3.05) is 33.4 Å². The van der Waals surface area contributed by atoms with Crippen molar-refractivity contribution >= 4 is 11.9 Å². The number of likely N-dealkylation sites (tertiary alicyclic amines) is 1. The average Bonchev–Trinajstić information content (AvgIpc) is 2.42. The lowest BCUT2D eigenvalue weighted by Crippen LogP contribution is -2.49. The van der Waals surface area contributed by atoms with Gasteiger partial charge in [0, 0.05) is 33.2 Å². The number of carboxylic acids is 1. The van der Waals surface area contributed by atoms with Gasteiger partial charge in [0.2, 0.25) is 5.91 Å². The van der Waals surface area contributed by atoms with Crippen LogP contribution in [0.3, 0.4) is 0 Å². The van der Waals surface area contributed by atoms with Crippen molar-refractivity contribution in [3.05, 3.63) is 0 Å². The average molecular weight is 286 g/mol. The summed E-state index contributed by atoms with van der Waals surface area (Å²) in [4.78, 5) is 24.9. The summed E-state index contributed by atoms with van der Waals surface area (Å²) in [7, 11) is 1.64. The number of carbonyl (C=O) groups excluding carboxylic acids is 1. The van der Waals surface area contributed by atoms with Gasteiger partial charge in [-0.1, -0.05) is 0 Å². The molecule has 116 valence electrons. The van der Waals surface area contributed by atoms with Crippen molar-refractivity contribution < 1.29 is 19.4 Å². The van der Waals surface area contributed by atoms with Crippen molar-refractivity contribution in [2.24, 2.45) is 5.92 Å². The highest BCUT2D eigenvalue weighted by atomic mass is 16.5. The van der Waals surface area contributed by atoms with Gasteiger partial charge in [-0.05, 0) is 38.6 Å². The molecule has 1 saturated heterocycles. The zero-order valence-corrected chi connectivity index (χ0v) is 12.4. The number of amides is 1. The third-order valence-electron chi connectivity index (χ3n) is 3.77. The summed E-state index contributed by atoms with van der Waals surface area (Å²) < 4.78 is 4.93. The van der Waals surface area contributed by atoms with Gasteiger partial charge in [0.25, 0.3) is 0 Å². The summed E-state index contributed by atoms with van der Waals surface area (Å²) in [5.74, 6) is -0.587. The Hall–Kier alpha value is -1.14. The molecule has 0 aromatic rings. The quantitative estimate of drug-likeness (QED) is 0.643. The van der Waals surface area contributed by atoms with Crippen molar-refractivity contribution in [1.82, 2.24) is 10.2 Å². The number of hydrogen-bond acceptors (Lipinski definition) is 4. The first-order chi connectivity index (χ1) is 9.54. The van der Waals surface area contributed by atoms with Crippen LogP contribution < -0.4 is 5.32 Å². The second-order valence-corrected chi connectivity index (χ2v) is 5.41. The molecule has 1 fully saturated rings. The number of hydrogen-bond donors (Lipinski definition) is 2. The van der Waals surface area contributed by atoms with E-state index >= 15 is 0 Å². The molecule has 0 radical (unpaired) electrons. The van der Waals surface area contributed by atoms with Crippen LogP contribution in [0.25, 0.3) is 0 Å². The van der Waals surface area contributed by atoms with Gasteiger partial charge in [0.05, 0.1) is 6.04 Å². The fraction of sp³-hybridized carbons (Fsp3) is 0.857. The van der Waals surface area contributed by atoms with Crippen molar-refractivity contribution in [3.63, 3.8) is 0 Å². The minimum atomic E-state index is -0.756. The van der Waals surface area contributed by atoms with E-state index < -0.39 is 5.97 Å². The van der Waals surface area contributed by atoms with Crippen LogP contribution >= 0.6 is 0 Å². The molecular formula is C14H26N2O4. The molecule has 1 amide bonds. The predicted molar refractivity (Wildman–Crippen MR) is 75.5 cm³/mol. The Labute approximate surface area is 120 Å². The largest absolute Gasteiger partial charge is 0.481 e. The molecule has 2 unspecified atom stereocenters. The second-order valence-electron chi connectivity index (χ2n) is 5.41. The van der Waals surface area contributed by atoms with Gasteiger partial charge >= 0.3 is 5.97 Å². The summed E-state index contributed by atoms with van der Waals surface area (Å²) in [5.41, 5.74) is 0. The highest BCUT2D eigenvalue weighted by Gasteiger charge is 2.28. The van der Waals surface area contributed by atoms with Crippen molar-refractivity contribution in [3.8, 4) is 0 Å². The van der Waals surface area contributed by atoms with Crippen LogP contribution in [0.5, 0.6) is 0 Å². The second kappa shape index (κ2) is 8.92. The fourth-order valence-corrected chi connectivity index (χ4v) is 2.60. The molecule has 1 rings (SSSR count). The molecule has 0 aromatic carbocycles. The van der Waals surface area contributed by atoms with Gasteiger partial charge in [-0.3, -0.25) is 14.5 Å². The molecule has 0 spiro atoms. The first-order valence-corrected chi connectivity index (χ1v) is 7.27. The summed E-state index contributed by atoms with van der Waals surface area (Å²) in [6.45, 7) is 4.69. The first-order valence-electron chi connectivity index (χ1n) is 7.27. The Bertz CT molecular complexity index is 322. The van der Waals surface area contributed by atoms with E-state index in [-0.39, 0.29) is 24.3 Å². The maximum Gasteiger partial charge on any atom is 0.303 e. The third kappa shape index (κ3) is 5.88. The van der Waals surface area contributed by atoms with Crippen LogP contribution in [-0.4, -0.2) is 61.3 Å². The fourth-order valence-electron chi connectivity index (χ4n) is 2.60. The Morgan fingerprint density at radius 2 is 2.25 bits per heavy atom. The van der Waals surface area contributed by atoms with Crippen LogP contribution in [0.4, 0.5) is 0 Å². The van der Waals surface area contributed by atoms with Crippen LogP contribution in [0, 0.1) is 5.92 Å². The van der Waals surface area contributed by atoms with E-state index in [2.05, 4.69) is 10.2 Å². The van der Waals surface area contributed by atoms with Gasteiger partial charge < -0.3 is 15.2 Å². The topological polar surface area (TPSA) is 78.9 Å². The summed E-state index contributed by atoms with van der Waals surface area (Å²) >= 11 is 0. The monoisotopic (exact) mass is 286 g/mol. The minimum absolute atomic E-state index is 0.0112. The van der Waals surface area contributed by atoms with E-state index in [0.29, 0.717) is 19.7 Å². The van der Waals surface area contributed by atoms with Crippen LogP contribution in [-0.2, 0) is 14.3 Å². The van der Waals surface area contributed by atoms with E-state index in [9.17, 15) is 9.59 Å². The zero-order valence-electron chi connectivity index (χ0n) is 12.4. The molecule has 6 heteroatoms. The Kier molecular flexibility index (Phi) is 7.54. The molecule has 2 atom stereocenters. The van der Waals surface area contributed by atoms with Crippen molar-refractivity contribution in [1.29, 1.82) is 0 Å². The lowest BCUT2D eigenvalue weighted by atomic mass is 9.94. The number of piperidine rings is 1. The molecule has 1 heterocycles. The number of carbonyl (C=O) groups is 2. The third-order valence-corrected chi connectivity index (χ3v) is 3.77. The maximum atomic E-state index is 12.0. The van der Waals surface area contributed by atoms with Crippen LogP contribution in [0.15, 0.2) is 0 Å². The molecule has 1 aliphatic heterocycles. The molecule has 20 heavy (non-hydrogen) atoms. The summed E-state index contributed by atoms with van der Waals surface area (Å²) in [5, 5.41) is 11.8. The smallest absolute Gasteiger partial charge is 0.303 e. The number of ether oxygens (including phenoxy) is 1. The number of rotatable bonds is 8. The SMILES string of the molecule is COCCCNC(=O)C(C)N1CCCC(CC(=O)O)C1. The Balaban J connectivity index is 2.35. The molecular weight excluding hydrogens is 260 g/mol. The van der Waals surface area contributed by atoms with E-state index in [1.807, 2.05) is 6.92 Å². The zero-order chi connectivity index (χ0) is 15.0. The number of methoxy groups -OCH3 is 1. The van der Waals surface area contributed by atoms with Gasteiger partial charge in [0.1, 0.15) is 0 Å². The highest BCUT2D eigenvalue weighted by Crippen LogP contribution is 2.21. The maximum absolute atomic E-state index is 12.0. The number of aliphatic carboxylic acids is 1. The van der Waals surface area contributed by atoms with Gasteiger partial charge in [-0.15, -0.1) is 0 Å². The lowest BCUT2D eigenvalue weighted by molar-refractivity contribution is -0.138. The van der Waals surface area contributed by atoms with E-state index in [4.69, 9.17) is 9.84 Å². The van der Waals surface area contributed by atoms with E-state index in [1.54, 1.807) is 7.11 Å². The molecule has 0 saturated carbocycles. The standard InChI is InChI=1S/C14H26N2O4/c1-11(14(19)15-6-4-8-20-2)16-7-3-5-12(10-16)9-13(17)18/h11-12H,3-10H2,1-2H3,(H,15,19)(H,17,18). The highest BCUT2D eigenvalue weighted by molar-refractivity contribution is 5.81. The van der Waals surface area contributed by atoms with E-state index in [1.165, 1.54) is 0 Å².